The Kier molecular flexibility index (Phi) is 31.1. The Labute approximate surface area is 166 Å². The van der Waals surface area contributed by atoms with Gasteiger partial charge in [0, 0.05) is 0 Å². The van der Waals surface area contributed by atoms with Gasteiger partial charge in [-0.25, -0.2) is 0 Å². The van der Waals surface area contributed by atoms with Crippen molar-refractivity contribution < 1.29 is 14.2 Å². The number of rotatable bonds is 0. The van der Waals surface area contributed by atoms with Gasteiger partial charge in [0.2, 0.25) is 0 Å². The number of hydrogen-bond acceptors (Lipinski definition) is 3. The second kappa shape index (κ2) is 25.1. The minimum absolute atomic E-state index is 0.693. The third kappa shape index (κ3) is 31.2. The fourth-order valence-corrected chi connectivity index (χ4v) is 3.26. The summed E-state index contributed by atoms with van der Waals surface area (Å²) in [5, 5.41) is 0. The Morgan fingerprint density at radius 1 is 0.619 bits per heavy atom. The van der Waals surface area contributed by atoms with Crippen LogP contribution in [0.4, 0.5) is 0 Å². The van der Waals surface area contributed by atoms with E-state index in [0.717, 1.165) is 24.7 Å². The van der Waals surface area contributed by atoms with E-state index < -0.39 is 11.6 Å². The maximum atomic E-state index is 5.43. The van der Waals surface area contributed by atoms with Crippen LogP contribution in [0.2, 0.25) is 0 Å². The van der Waals surface area contributed by atoms with Crippen LogP contribution in [-0.4, -0.2) is 89.8 Å². The first-order valence-corrected chi connectivity index (χ1v) is 19.8. The van der Waals surface area contributed by atoms with Crippen molar-refractivity contribution in [3.05, 3.63) is 0 Å². The van der Waals surface area contributed by atoms with E-state index in [1.165, 1.54) is 50.6 Å². The molecule has 1 heterocycles. The number of thiol groups is 2. The molecule has 1 aliphatic heterocycles. The SMILES string of the molecule is C1COCC[SH+]CC[SH+]CCOCCO1.[Cl][Ge].[Cl][Ge]([Cl])[Cl]. The van der Waals surface area contributed by atoms with Gasteiger partial charge in [-0.15, -0.1) is 0 Å². The van der Waals surface area contributed by atoms with Crippen molar-refractivity contribution in [1.29, 1.82) is 0 Å². The zero-order chi connectivity index (χ0) is 16.2. The minimum atomic E-state index is -1.92. The molecule has 0 saturated carbocycles. The van der Waals surface area contributed by atoms with Crippen LogP contribution >= 0.6 is 40.0 Å². The van der Waals surface area contributed by atoms with E-state index >= 15 is 0 Å². The second-order valence-electron chi connectivity index (χ2n) is 3.39. The quantitative estimate of drug-likeness (QED) is 0.266. The third-order valence-electron chi connectivity index (χ3n) is 1.95. The summed E-state index contributed by atoms with van der Waals surface area (Å²) in [4.78, 5) is 0. The van der Waals surface area contributed by atoms with Crippen LogP contribution < -0.4 is 0 Å². The first kappa shape index (κ1) is 26.1. The van der Waals surface area contributed by atoms with Gasteiger partial charge in [-0.05, 0) is 23.5 Å². The molecule has 1 fully saturated rings. The Morgan fingerprint density at radius 3 is 1.24 bits per heavy atom. The molecule has 0 bridgehead atoms. The van der Waals surface area contributed by atoms with Gasteiger partial charge in [-0.2, -0.15) is 0 Å². The Hall–Kier alpha value is 2.83. The maximum absolute atomic E-state index is 5.43. The van der Waals surface area contributed by atoms with Crippen LogP contribution in [0.25, 0.3) is 0 Å². The zero-order valence-corrected chi connectivity index (χ0v) is 20.7. The monoisotopic (exact) mass is 542 g/mol. The van der Waals surface area contributed by atoms with E-state index in [1.54, 1.807) is 0 Å². The van der Waals surface area contributed by atoms with Gasteiger partial charge in [-0.1, -0.05) is 0 Å². The van der Waals surface area contributed by atoms with Crippen molar-refractivity contribution in [1.82, 2.24) is 0 Å². The molecule has 0 atom stereocenters. The Balaban J connectivity index is 0. The van der Waals surface area contributed by atoms with Crippen LogP contribution in [0, 0.1) is 0 Å². The molecule has 1 saturated heterocycles. The predicted octanol–water partition coefficient (Wildman–Crippen LogP) is 1.68. The average molecular weight is 541 g/mol. The summed E-state index contributed by atoms with van der Waals surface area (Å²) < 4.78 is 16.2. The molecule has 0 unspecified atom stereocenters. The van der Waals surface area contributed by atoms with Crippen molar-refractivity contribution in [3.63, 3.8) is 0 Å². The molecular formula is C10H22Cl4Ge2O3S2+2. The van der Waals surface area contributed by atoms with Gasteiger partial charge in [-0.3, -0.25) is 0 Å². The normalized spacial score (nSPS) is 19.1. The van der Waals surface area contributed by atoms with Gasteiger partial charge in [0.05, 0.1) is 39.6 Å². The molecule has 11 heteroatoms. The molecule has 0 N–H and O–H groups in total. The fourth-order valence-electron chi connectivity index (χ4n) is 1.17. The van der Waals surface area contributed by atoms with E-state index in [1.807, 2.05) is 0 Å². The molecule has 1 rings (SSSR count). The van der Waals surface area contributed by atoms with E-state index in [0.29, 0.717) is 26.4 Å². The second-order valence-corrected chi connectivity index (χ2v) is 15.9. The zero-order valence-electron chi connectivity index (χ0n) is 11.7. The molecule has 3 nitrogen and oxygen atoms in total. The summed E-state index contributed by atoms with van der Waals surface area (Å²) in [7, 11) is 19.6. The number of halogens is 4. The van der Waals surface area contributed by atoms with Gasteiger partial charge < -0.3 is 14.2 Å². The topological polar surface area (TPSA) is 27.7 Å². The number of hydrogen-bond donors (Lipinski definition) is 0. The van der Waals surface area contributed by atoms with Gasteiger partial charge >= 0.3 is 67.2 Å². The van der Waals surface area contributed by atoms with Crippen LogP contribution in [-0.2, 0) is 37.7 Å². The molecule has 0 aromatic rings. The van der Waals surface area contributed by atoms with Crippen molar-refractivity contribution in [3.8, 4) is 0 Å². The summed E-state index contributed by atoms with van der Waals surface area (Å²) >= 11 is 2.59. The van der Waals surface area contributed by atoms with Crippen LogP contribution in [0.1, 0.15) is 0 Å². The van der Waals surface area contributed by atoms with E-state index in [4.69, 9.17) is 44.2 Å². The first-order chi connectivity index (χ1) is 10.2. The molecule has 1 aliphatic rings. The summed E-state index contributed by atoms with van der Waals surface area (Å²) in [6, 6.07) is 0. The van der Waals surface area contributed by atoms with Crippen molar-refractivity contribution in [2.24, 2.45) is 0 Å². The summed E-state index contributed by atoms with van der Waals surface area (Å²) in [6.07, 6.45) is 0. The molecular weight excluding hydrogens is 519 g/mol. The van der Waals surface area contributed by atoms with Gasteiger partial charge in [0.15, 0.2) is 0 Å². The fraction of sp³-hybridized carbons (Fsp3) is 1.00. The predicted molar refractivity (Wildman–Crippen MR) is 104 cm³/mol. The summed E-state index contributed by atoms with van der Waals surface area (Å²) in [5.41, 5.74) is 0. The van der Waals surface area contributed by atoms with Gasteiger partial charge in [0.25, 0.3) is 0 Å². The van der Waals surface area contributed by atoms with E-state index in [-0.39, 0.29) is 0 Å². The first-order valence-electron chi connectivity index (χ1n) is 6.25. The molecule has 126 valence electrons. The van der Waals surface area contributed by atoms with Gasteiger partial charge in [0.1, 0.15) is 23.0 Å². The molecule has 4 radical (unpaired) electrons. The molecule has 0 spiro atoms. The summed E-state index contributed by atoms with van der Waals surface area (Å²) in [6.45, 7) is 4.56. The van der Waals surface area contributed by atoms with Crippen molar-refractivity contribution >= 4 is 90.7 Å². The molecule has 0 aliphatic carbocycles. The number of ether oxygens (including phenoxy) is 3. The molecule has 0 aromatic carbocycles. The van der Waals surface area contributed by atoms with Crippen LogP contribution in [0.15, 0.2) is 0 Å². The van der Waals surface area contributed by atoms with Crippen LogP contribution in [0.3, 0.4) is 0 Å². The Bertz CT molecular complexity index is 129. The van der Waals surface area contributed by atoms with Crippen LogP contribution in [0.5, 0.6) is 0 Å². The third-order valence-corrected chi connectivity index (χ3v) is 4.38. The molecule has 21 heavy (non-hydrogen) atoms. The standard InChI is InChI=1S/C10H20O3S2.Cl3Ge.ClGe/c1-3-12-5-7-14-9-10-15-8-6-13-4-2-11-1;1-4(2)3;1-2/h1-10H2;;/p+2. The average Bonchev–Trinajstić information content (AvgIpc) is 2.47. The van der Waals surface area contributed by atoms with E-state index in [2.05, 4.69) is 10.0 Å². The van der Waals surface area contributed by atoms with Crippen molar-refractivity contribution in [2.75, 3.05) is 62.7 Å². The Morgan fingerprint density at radius 2 is 0.905 bits per heavy atom. The molecule has 0 aromatic heterocycles. The molecule has 0 amide bonds. The van der Waals surface area contributed by atoms with E-state index in [9.17, 15) is 0 Å². The summed E-state index contributed by atoms with van der Waals surface area (Å²) in [5.74, 6) is 4.90. The van der Waals surface area contributed by atoms with Crippen molar-refractivity contribution in [2.45, 2.75) is 0 Å².